The van der Waals surface area contributed by atoms with Crippen LogP contribution in [0, 0.1) is 0 Å². The Morgan fingerprint density at radius 3 is 1.76 bits per heavy atom. The fourth-order valence-corrected chi connectivity index (χ4v) is 3.12. The van der Waals surface area contributed by atoms with E-state index in [2.05, 4.69) is 6.92 Å². The molecule has 5 heteroatoms. The largest absolute Gasteiger partial charge is 0.578 e. The van der Waals surface area contributed by atoms with Crippen LogP contribution in [0.5, 0.6) is 0 Å². The van der Waals surface area contributed by atoms with E-state index in [9.17, 15) is 0 Å². The number of ether oxygens (including phenoxy) is 1. The van der Waals surface area contributed by atoms with Gasteiger partial charge in [-0.25, -0.2) is 0 Å². The van der Waals surface area contributed by atoms with Crippen molar-refractivity contribution in [1.82, 2.24) is 0 Å². The van der Waals surface area contributed by atoms with E-state index in [1.54, 1.807) is 0 Å². The second kappa shape index (κ2) is 5.80. The Bertz CT molecular complexity index is 233. The predicted molar refractivity (Wildman–Crippen MR) is 67.7 cm³/mol. The maximum absolute atomic E-state index is 5.99. The SMILES string of the molecule is CC(C)O[Si](OC(C)C)OC(C)(C)C1OC1C. The van der Waals surface area contributed by atoms with Crippen molar-refractivity contribution in [3.63, 3.8) is 0 Å². The molecule has 0 bridgehead atoms. The van der Waals surface area contributed by atoms with Crippen LogP contribution in [0.25, 0.3) is 0 Å². The number of epoxide rings is 1. The summed E-state index contributed by atoms with van der Waals surface area (Å²) < 4.78 is 22.9. The molecule has 1 radical (unpaired) electrons. The fourth-order valence-electron chi connectivity index (χ4n) is 1.65. The van der Waals surface area contributed by atoms with Crippen LogP contribution in [0.15, 0.2) is 0 Å². The van der Waals surface area contributed by atoms with Crippen molar-refractivity contribution in [2.24, 2.45) is 0 Å². The second-order valence-electron chi connectivity index (χ2n) is 5.55. The Hall–Kier alpha value is 0.0569. The van der Waals surface area contributed by atoms with Crippen molar-refractivity contribution in [2.45, 2.75) is 78.5 Å². The van der Waals surface area contributed by atoms with Gasteiger partial charge < -0.3 is 18.0 Å². The van der Waals surface area contributed by atoms with Crippen LogP contribution < -0.4 is 0 Å². The molecule has 0 aromatic heterocycles. The van der Waals surface area contributed by atoms with Crippen molar-refractivity contribution in [3.8, 4) is 0 Å². The molecule has 1 aliphatic rings. The molecule has 17 heavy (non-hydrogen) atoms. The Kier molecular flexibility index (Phi) is 5.16. The third kappa shape index (κ3) is 5.05. The summed E-state index contributed by atoms with van der Waals surface area (Å²) >= 11 is 0. The minimum absolute atomic E-state index is 0.107. The molecule has 2 unspecified atom stereocenters. The van der Waals surface area contributed by atoms with E-state index >= 15 is 0 Å². The average molecular weight is 261 g/mol. The normalized spacial score (nSPS) is 25.1. The molecule has 101 valence electrons. The lowest BCUT2D eigenvalue weighted by molar-refractivity contribution is -0.0233. The van der Waals surface area contributed by atoms with Crippen LogP contribution in [-0.2, 0) is 18.0 Å². The zero-order valence-electron chi connectivity index (χ0n) is 11.9. The third-order valence-electron chi connectivity index (χ3n) is 2.41. The molecule has 1 saturated heterocycles. The van der Waals surface area contributed by atoms with Crippen LogP contribution >= 0.6 is 0 Å². The van der Waals surface area contributed by atoms with Crippen LogP contribution in [0.1, 0.15) is 48.5 Å². The molecule has 0 aromatic rings. The lowest BCUT2D eigenvalue weighted by Crippen LogP contribution is -2.44. The van der Waals surface area contributed by atoms with Gasteiger partial charge in [0, 0.05) is 12.2 Å². The van der Waals surface area contributed by atoms with Crippen molar-refractivity contribution >= 4 is 9.53 Å². The zero-order valence-corrected chi connectivity index (χ0v) is 12.9. The van der Waals surface area contributed by atoms with E-state index in [4.69, 9.17) is 18.0 Å². The highest BCUT2D eigenvalue weighted by Gasteiger charge is 2.50. The molecule has 1 heterocycles. The van der Waals surface area contributed by atoms with Crippen LogP contribution in [0.4, 0.5) is 0 Å². The Labute approximate surface area is 107 Å². The molecule has 4 nitrogen and oxygen atoms in total. The highest BCUT2D eigenvalue weighted by molar-refractivity contribution is 6.36. The van der Waals surface area contributed by atoms with Crippen LogP contribution in [0.2, 0.25) is 0 Å². The molecule has 2 atom stereocenters. The first-order valence-corrected chi connectivity index (χ1v) is 7.49. The summed E-state index contributed by atoms with van der Waals surface area (Å²) in [6.45, 7) is 14.1. The van der Waals surface area contributed by atoms with E-state index in [-0.39, 0.29) is 30.0 Å². The highest BCUT2D eigenvalue weighted by Crippen LogP contribution is 2.35. The minimum atomic E-state index is -1.71. The molecule has 0 spiro atoms. The summed E-state index contributed by atoms with van der Waals surface area (Å²) in [4.78, 5) is 0. The summed E-state index contributed by atoms with van der Waals surface area (Å²) in [6.07, 6.45) is 0.632. The van der Waals surface area contributed by atoms with Gasteiger partial charge in [0.25, 0.3) is 0 Å². The van der Waals surface area contributed by atoms with Gasteiger partial charge in [-0.15, -0.1) is 0 Å². The van der Waals surface area contributed by atoms with E-state index in [1.807, 2.05) is 41.5 Å². The summed E-state index contributed by atoms with van der Waals surface area (Å²) in [5.41, 5.74) is -0.350. The van der Waals surface area contributed by atoms with Gasteiger partial charge in [-0.3, -0.25) is 0 Å². The molecule has 1 fully saturated rings. The molecule has 1 rings (SSSR count). The Morgan fingerprint density at radius 1 is 1.06 bits per heavy atom. The fraction of sp³-hybridized carbons (Fsp3) is 1.00. The molecular formula is C12H25O4Si. The zero-order chi connectivity index (χ0) is 13.2. The van der Waals surface area contributed by atoms with Crippen molar-refractivity contribution in [3.05, 3.63) is 0 Å². The molecule has 0 aromatic carbocycles. The first-order valence-electron chi connectivity index (χ1n) is 6.27. The van der Waals surface area contributed by atoms with Gasteiger partial charge >= 0.3 is 9.53 Å². The summed E-state index contributed by atoms with van der Waals surface area (Å²) in [6, 6.07) is 0. The van der Waals surface area contributed by atoms with E-state index in [1.165, 1.54) is 0 Å². The first-order chi connectivity index (χ1) is 7.72. The standard InChI is InChI=1S/C12H25O4Si/c1-8(2)14-17(15-9(3)4)16-12(6,7)11-10(5)13-11/h8-11H,1-7H3. The second-order valence-corrected chi connectivity index (χ2v) is 6.73. The number of rotatable bonds is 7. The van der Waals surface area contributed by atoms with Crippen molar-refractivity contribution < 1.29 is 18.0 Å². The van der Waals surface area contributed by atoms with Crippen molar-refractivity contribution in [2.75, 3.05) is 0 Å². The summed E-state index contributed by atoms with van der Waals surface area (Å²) in [5.74, 6) is 0. The lowest BCUT2D eigenvalue weighted by atomic mass is 10.0. The first kappa shape index (κ1) is 15.1. The lowest BCUT2D eigenvalue weighted by Gasteiger charge is -2.29. The predicted octanol–water partition coefficient (Wildman–Crippen LogP) is 2.40. The Balaban J connectivity index is 2.52. The molecule has 0 saturated carbocycles. The van der Waals surface area contributed by atoms with Crippen LogP contribution in [0.3, 0.4) is 0 Å². The molecule has 1 aliphatic heterocycles. The van der Waals surface area contributed by atoms with Gasteiger partial charge in [0.1, 0.15) is 6.10 Å². The highest BCUT2D eigenvalue weighted by atomic mass is 28.3. The average Bonchev–Trinajstić information content (AvgIpc) is 2.79. The maximum Gasteiger partial charge on any atom is 0.578 e. The quantitative estimate of drug-likeness (QED) is 0.521. The van der Waals surface area contributed by atoms with Gasteiger partial charge in [-0.2, -0.15) is 0 Å². The molecular weight excluding hydrogens is 236 g/mol. The van der Waals surface area contributed by atoms with E-state index in [0.717, 1.165) is 0 Å². The molecule has 0 aliphatic carbocycles. The van der Waals surface area contributed by atoms with Gasteiger partial charge in [0.05, 0.1) is 11.7 Å². The smallest absolute Gasteiger partial charge is 0.369 e. The molecule has 0 amide bonds. The third-order valence-corrected chi connectivity index (χ3v) is 4.43. The summed E-state index contributed by atoms with van der Waals surface area (Å²) in [5, 5.41) is 0. The van der Waals surface area contributed by atoms with Gasteiger partial charge in [0.15, 0.2) is 0 Å². The van der Waals surface area contributed by atoms with Crippen molar-refractivity contribution in [1.29, 1.82) is 0 Å². The van der Waals surface area contributed by atoms with E-state index in [0.29, 0.717) is 0 Å². The monoisotopic (exact) mass is 261 g/mol. The minimum Gasteiger partial charge on any atom is -0.369 e. The van der Waals surface area contributed by atoms with Gasteiger partial charge in [-0.05, 0) is 48.5 Å². The number of hydrogen-bond donors (Lipinski definition) is 0. The topological polar surface area (TPSA) is 40.2 Å². The van der Waals surface area contributed by atoms with E-state index < -0.39 is 9.53 Å². The Morgan fingerprint density at radius 2 is 1.47 bits per heavy atom. The molecule has 0 N–H and O–H groups in total. The van der Waals surface area contributed by atoms with Gasteiger partial charge in [-0.1, -0.05) is 0 Å². The van der Waals surface area contributed by atoms with Crippen LogP contribution in [-0.4, -0.2) is 39.5 Å². The van der Waals surface area contributed by atoms with Gasteiger partial charge in [0.2, 0.25) is 0 Å². The maximum atomic E-state index is 5.99. The summed E-state index contributed by atoms with van der Waals surface area (Å²) in [7, 11) is -1.71. The number of hydrogen-bond acceptors (Lipinski definition) is 4.